The van der Waals surface area contributed by atoms with Crippen molar-refractivity contribution in [2.24, 2.45) is 0 Å². The van der Waals surface area contributed by atoms with Gasteiger partial charge in [-0.3, -0.25) is 0 Å². The number of carboxylic acids is 1. The van der Waals surface area contributed by atoms with E-state index in [1.54, 1.807) is 24.3 Å². The minimum absolute atomic E-state index is 0.288. The van der Waals surface area contributed by atoms with Crippen LogP contribution in [0.5, 0.6) is 0 Å². The third-order valence-corrected chi connectivity index (χ3v) is 4.74. The molecule has 26 heavy (non-hydrogen) atoms. The quantitative estimate of drug-likeness (QED) is 0.707. The monoisotopic (exact) mass is 370 g/mol. The van der Waals surface area contributed by atoms with Crippen LogP contribution in [0.1, 0.15) is 47.3 Å². The second-order valence-corrected chi connectivity index (χ2v) is 6.90. The van der Waals surface area contributed by atoms with E-state index in [0.29, 0.717) is 11.6 Å². The Bertz CT molecular complexity index is 711. The van der Waals surface area contributed by atoms with Gasteiger partial charge < -0.3 is 15.7 Å². The largest absolute Gasteiger partial charge is 0.478 e. The van der Waals surface area contributed by atoms with Crippen molar-refractivity contribution in [1.82, 2.24) is 10.6 Å². The van der Waals surface area contributed by atoms with Crippen molar-refractivity contribution in [2.45, 2.75) is 38.8 Å². The highest BCUT2D eigenvalue weighted by Gasteiger charge is 2.19. The molecule has 138 valence electrons. The number of benzene rings is 2. The van der Waals surface area contributed by atoms with Crippen molar-refractivity contribution >= 4 is 23.2 Å². The van der Waals surface area contributed by atoms with E-state index in [1.165, 1.54) is 12.0 Å². The molecule has 2 aromatic carbocycles. The van der Waals surface area contributed by atoms with Crippen LogP contribution in [-0.4, -0.2) is 28.7 Å². The molecule has 2 aromatic rings. The molecule has 0 aliphatic carbocycles. The minimum atomic E-state index is -0.875. The predicted molar refractivity (Wildman–Crippen MR) is 110 cm³/mol. The van der Waals surface area contributed by atoms with Crippen molar-refractivity contribution in [1.29, 1.82) is 0 Å². The maximum atomic E-state index is 10.3. The van der Waals surface area contributed by atoms with Crippen LogP contribution in [0.25, 0.3) is 0 Å². The standard InChI is InChI=1S/C13H18N2S.C8H8O2/c1-10(11-6-3-2-4-7-11)15-13(16)12-8-5-9-14-12;1-6-2-4-7(5-3-6)8(9)10/h2-4,6-7,10,12,14H,5,8-9H2,1H3,(H,15,16);2-5H,1H3,(H,9,10)/t10-,12+;/m1./s1. The summed E-state index contributed by atoms with van der Waals surface area (Å²) in [4.78, 5) is 11.3. The number of carboxylic acid groups (broad SMARTS) is 1. The van der Waals surface area contributed by atoms with Crippen LogP contribution in [0, 0.1) is 6.92 Å². The predicted octanol–water partition coefficient (Wildman–Crippen LogP) is 4.11. The molecule has 1 saturated heterocycles. The number of thiocarbonyl (C=S) groups is 1. The molecule has 0 saturated carbocycles. The summed E-state index contributed by atoms with van der Waals surface area (Å²) >= 11 is 5.42. The van der Waals surface area contributed by atoms with E-state index < -0.39 is 5.97 Å². The van der Waals surface area contributed by atoms with Gasteiger partial charge in [0.2, 0.25) is 0 Å². The molecule has 4 nitrogen and oxygen atoms in total. The van der Waals surface area contributed by atoms with Crippen LogP contribution < -0.4 is 10.6 Å². The number of hydrogen-bond acceptors (Lipinski definition) is 3. The van der Waals surface area contributed by atoms with Crippen LogP contribution in [0.2, 0.25) is 0 Å². The Labute approximate surface area is 160 Å². The Hall–Kier alpha value is -2.24. The van der Waals surface area contributed by atoms with E-state index in [2.05, 4.69) is 41.8 Å². The van der Waals surface area contributed by atoms with Crippen molar-refractivity contribution in [2.75, 3.05) is 6.54 Å². The number of nitrogens with one attached hydrogen (secondary N) is 2. The maximum Gasteiger partial charge on any atom is 0.335 e. The molecular weight excluding hydrogens is 344 g/mol. The van der Waals surface area contributed by atoms with Crippen LogP contribution >= 0.6 is 12.2 Å². The lowest BCUT2D eigenvalue weighted by Crippen LogP contribution is -2.40. The number of aryl methyl sites for hydroxylation is 1. The van der Waals surface area contributed by atoms with Gasteiger partial charge in [-0.1, -0.05) is 60.2 Å². The number of carbonyl (C=O) groups is 1. The molecule has 0 bridgehead atoms. The normalized spacial score (nSPS) is 16.9. The molecule has 3 rings (SSSR count). The van der Waals surface area contributed by atoms with Crippen LogP contribution in [0.3, 0.4) is 0 Å². The molecule has 0 radical (unpaired) electrons. The Balaban J connectivity index is 0.000000209. The second kappa shape index (κ2) is 10.0. The average molecular weight is 371 g/mol. The molecule has 1 heterocycles. The third kappa shape index (κ3) is 6.24. The van der Waals surface area contributed by atoms with Gasteiger partial charge in [-0.15, -0.1) is 0 Å². The molecule has 0 unspecified atom stereocenters. The first kappa shape index (κ1) is 20.1. The van der Waals surface area contributed by atoms with E-state index in [4.69, 9.17) is 17.3 Å². The van der Waals surface area contributed by atoms with Gasteiger partial charge in [-0.05, 0) is 50.9 Å². The van der Waals surface area contributed by atoms with Crippen LogP contribution in [0.4, 0.5) is 0 Å². The van der Waals surface area contributed by atoms with Crippen LogP contribution in [-0.2, 0) is 0 Å². The lowest BCUT2D eigenvalue weighted by atomic mass is 10.1. The number of rotatable bonds is 4. The maximum absolute atomic E-state index is 10.3. The molecule has 1 aliphatic heterocycles. The second-order valence-electron chi connectivity index (χ2n) is 6.46. The van der Waals surface area contributed by atoms with Gasteiger partial charge in [0, 0.05) is 6.04 Å². The highest BCUT2D eigenvalue weighted by molar-refractivity contribution is 7.80. The molecule has 0 spiro atoms. The first-order valence-electron chi connectivity index (χ1n) is 8.86. The molecular formula is C21H26N2O2S. The summed E-state index contributed by atoms with van der Waals surface area (Å²) in [6, 6.07) is 17.8. The summed E-state index contributed by atoms with van der Waals surface area (Å²) in [6.45, 7) is 5.16. The molecule has 1 fully saturated rings. The van der Waals surface area contributed by atoms with E-state index in [1.807, 2.05) is 13.0 Å². The van der Waals surface area contributed by atoms with Gasteiger partial charge in [0.25, 0.3) is 0 Å². The number of hydrogen-bond donors (Lipinski definition) is 3. The van der Waals surface area contributed by atoms with E-state index in [-0.39, 0.29) is 6.04 Å². The van der Waals surface area contributed by atoms with Crippen molar-refractivity contribution in [3.8, 4) is 0 Å². The van der Waals surface area contributed by atoms with Gasteiger partial charge in [-0.2, -0.15) is 0 Å². The average Bonchev–Trinajstić information content (AvgIpc) is 3.18. The summed E-state index contributed by atoms with van der Waals surface area (Å²) in [5.74, 6) is -0.875. The van der Waals surface area contributed by atoms with Gasteiger partial charge in [0.15, 0.2) is 0 Å². The topological polar surface area (TPSA) is 61.4 Å². The fourth-order valence-corrected chi connectivity index (χ4v) is 3.12. The summed E-state index contributed by atoms with van der Waals surface area (Å²) in [5, 5.41) is 15.3. The van der Waals surface area contributed by atoms with Crippen molar-refractivity contribution in [3.63, 3.8) is 0 Å². The first-order chi connectivity index (χ1) is 12.5. The highest BCUT2D eigenvalue weighted by Crippen LogP contribution is 2.13. The summed E-state index contributed by atoms with van der Waals surface area (Å²) in [5.41, 5.74) is 2.69. The summed E-state index contributed by atoms with van der Waals surface area (Å²) < 4.78 is 0. The number of aromatic carboxylic acids is 1. The molecule has 5 heteroatoms. The zero-order valence-corrected chi connectivity index (χ0v) is 16.1. The van der Waals surface area contributed by atoms with Gasteiger partial charge in [-0.25, -0.2) is 4.79 Å². The third-order valence-electron chi connectivity index (χ3n) is 4.33. The van der Waals surface area contributed by atoms with Gasteiger partial charge in [0.05, 0.1) is 16.6 Å². The molecule has 2 atom stereocenters. The lowest BCUT2D eigenvalue weighted by molar-refractivity contribution is 0.0697. The molecule has 0 amide bonds. The van der Waals surface area contributed by atoms with Crippen LogP contribution in [0.15, 0.2) is 54.6 Å². The highest BCUT2D eigenvalue weighted by atomic mass is 32.1. The van der Waals surface area contributed by atoms with Gasteiger partial charge >= 0.3 is 5.97 Å². The summed E-state index contributed by atoms with van der Waals surface area (Å²) in [6.07, 6.45) is 2.39. The first-order valence-corrected chi connectivity index (χ1v) is 9.27. The van der Waals surface area contributed by atoms with E-state index in [0.717, 1.165) is 23.5 Å². The zero-order valence-electron chi connectivity index (χ0n) is 15.2. The zero-order chi connectivity index (χ0) is 18.9. The Morgan fingerprint density at radius 3 is 2.38 bits per heavy atom. The fraction of sp³-hybridized carbons (Fsp3) is 0.333. The molecule has 3 N–H and O–H groups in total. The Kier molecular flexibility index (Phi) is 7.75. The summed E-state index contributed by atoms with van der Waals surface area (Å²) in [7, 11) is 0. The Morgan fingerprint density at radius 1 is 1.19 bits per heavy atom. The minimum Gasteiger partial charge on any atom is -0.478 e. The van der Waals surface area contributed by atoms with Gasteiger partial charge in [0.1, 0.15) is 0 Å². The smallest absolute Gasteiger partial charge is 0.335 e. The van der Waals surface area contributed by atoms with E-state index >= 15 is 0 Å². The van der Waals surface area contributed by atoms with Crippen molar-refractivity contribution < 1.29 is 9.90 Å². The molecule has 0 aromatic heterocycles. The fourth-order valence-electron chi connectivity index (χ4n) is 2.74. The Morgan fingerprint density at radius 2 is 1.85 bits per heavy atom. The molecule has 1 aliphatic rings. The van der Waals surface area contributed by atoms with E-state index in [9.17, 15) is 4.79 Å². The van der Waals surface area contributed by atoms with Crippen molar-refractivity contribution in [3.05, 3.63) is 71.3 Å². The lowest BCUT2D eigenvalue weighted by Gasteiger charge is -2.20. The SMILES string of the molecule is C[C@@H](NC(=S)[C@@H]1CCCN1)c1ccccc1.Cc1ccc(C(=O)O)cc1.